The molecule has 0 spiro atoms. The molecule has 0 atom stereocenters. The first kappa shape index (κ1) is 23.2. The predicted molar refractivity (Wildman–Crippen MR) is 129 cm³/mol. The lowest BCUT2D eigenvalue weighted by Crippen LogP contribution is -2.17. The number of allylic oxidation sites excluding steroid dienone is 1. The molecule has 0 aliphatic rings. The van der Waals surface area contributed by atoms with Gasteiger partial charge in [-0.25, -0.2) is 9.07 Å². The van der Waals surface area contributed by atoms with E-state index in [0.29, 0.717) is 23.3 Å². The summed E-state index contributed by atoms with van der Waals surface area (Å²) < 4.78 is 22.9. The standard InChI is InChI=1S/C24H23FN6O2S/c1-3-13-30-22(15-33-20-12-8-7-11-19(20)25)27-28-24(30)34-16-23(32)26-21-14-17(2)29-31(21)18-9-5-4-6-10-18/h3-12,14H,1,13,15-16H2,2H3,(H,26,32). The minimum Gasteiger partial charge on any atom is -0.483 e. The van der Waals surface area contributed by atoms with Crippen molar-refractivity contribution >= 4 is 23.5 Å². The largest absolute Gasteiger partial charge is 0.483 e. The topological polar surface area (TPSA) is 86.9 Å². The average molecular weight is 479 g/mol. The summed E-state index contributed by atoms with van der Waals surface area (Å²) in [5.41, 5.74) is 1.64. The highest BCUT2D eigenvalue weighted by molar-refractivity contribution is 7.99. The third-order valence-corrected chi connectivity index (χ3v) is 5.70. The van der Waals surface area contributed by atoms with Crippen LogP contribution in [0.25, 0.3) is 5.69 Å². The van der Waals surface area contributed by atoms with Crippen molar-refractivity contribution in [3.63, 3.8) is 0 Å². The third kappa shape index (κ3) is 5.52. The highest BCUT2D eigenvalue weighted by Gasteiger charge is 2.16. The Morgan fingerprint density at radius 1 is 1.18 bits per heavy atom. The quantitative estimate of drug-likeness (QED) is 0.268. The van der Waals surface area contributed by atoms with Gasteiger partial charge in [0.05, 0.1) is 17.1 Å². The van der Waals surface area contributed by atoms with Crippen LogP contribution in [0, 0.1) is 12.7 Å². The highest BCUT2D eigenvalue weighted by Crippen LogP contribution is 2.22. The Balaban J connectivity index is 1.41. The Kier molecular flexibility index (Phi) is 7.38. The van der Waals surface area contributed by atoms with Crippen LogP contribution in [0.3, 0.4) is 0 Å². The molecule has 0 aliphatic carbocycles. The van der Waals surface area contributed by atoms with Gasteiger partial charge in [0.15, 0.2) is 22.5 Å². The van der Waals surface area contributed by atoms with Crippen LogP contribution in [0.5, 0.6) is 5.75 Å². The Morgan fingerprint density at radius 3 is 2.71 bits per heavy atom. The van der Waals surface area contributed by atoms with E-state index in [-0.39, 0.29) is 24.0 Å². The maximum Gasteiger partial charge on any atom is 0.236 e. The molecular weight excluding hydrogens is 455 g/mol. The number of halogens is 1. The normalized spacial score (nSPS) is 10.8. The van der Waals surface area contributed by atoms with Crippen LogP contribution < -0.4 is 10.1 Å². The number of nitrogens with one attached hydrogen (secondary N) is 1. The summed E-state index contributed by atoms with van der Waals surface area (Å²) in [6.07, 6.45) is 1.70. The van der Waals surface area contributed by atoms with Crippen LogP contribution in [0.15, 0.2) is 78.5 Å². The molecule has 4 aromatic rings. The van der Waals surface area contributed by atoms with Crippen molar-refractivity contribution in [3.8, 4) is 11.4 Å². The second kappa shape index (κ2) is 10.8. The maximum atomic E-state index is 13.8. The number of hydrogen-bond acceptors (Lipinski definition) is 6. The minimum atomic E-state index is -0.450. The number of thioether (sulfide) groups is 1. The molecule has 2 aromatic heterocycles. The SMILES string of the molecule is C=CCn1c(COc2ccccc2F)nnc1SCC(=O)Nc1cc(C)nn1-c1ccccc1. The molecule has 0 bridgehead atoms. The van der Waals surface area contributed by atoms with Crippen LogP contribution >= 0.6 is 11.8 Å². The monoisotopic (exact) mass is 478 g/mol. The molecule has 0 aliphatic heterocycles. The number of hydrogen-bond donors (Lipinski definition) is 1. The molecule has 0 radical (unpaired) electrons. The Bertz CT molecular complexity index is 1290. The lowest BCUT2D eigenvalue weighted by Gasteiger charge is -2.10. The van der Waals surface area contributed by atoms with Gasteiger partial charge in [0, 0.05) is 12.6 Å². The average Bonchev–Trinajstić information content (AvgIpc) is 3.40. The molecular formula is C24H23FN6O2S. The summed E-state index contributed by atoms with van der Waals surface area (Å²) in [6.45, 7) is 6.09. The second-order valence-corrected chi connectivity index (χ2v) is 8.21. The molecule has 174 valence electrons. The van der Waals surface area contributed by atoms with Crippen molar-refractivity contribution in [1.82, 2.24) is 24.5 Å². The molecule has 0 saturated carbocycles. The Morgan fingerprint density at radius 2 is 1.94 bits per heavy atom. The van der Waals surface area contributed by atoms with E-state index in [2.05, 4.69) is 27.2 Å². The van der Waals surface area contributed by atoms with E-state index >= 15 is 0 Å². The van der Waals surface area contributed by atoms with Gasteiger partial charge in [0.1, 0.15) is 12.4 Å². The molecule has 0 unspecified atom stereocenters. The van der Waals surface area contributed by atoms with E-state index in [0.717, 1.165) is 11.4 Å². The smallest absolute Gasteiger partial charge is 0.236 e. The molecule has 8 nitrogen and oxygen atoms in total. The van der Waals surface area contributed by atoms with Crippen molar-refractivity contribution < 1.29 is 13.9 Å². The zero-order valence-electron chi connectivity index (χ0n) is 18.5. The maximum absolute atomic E-state index is 13.8. The fourth-order valence-corrected chi connectivity index (χ4v) is 3.98. The number of aromatic nitrogens is 5. The van der Waals surface area contributed by atoms with Gasteiger partial charge in [-0.15, -0.1) is 16.8 Å². The summed E-state index contributed by atoms with van der Waals surface area (Å²) >= 11 is 1.24. The van der Waals surface area contributed by atoms with Gasteiger partial charge in [-0.05, 0) is 31.2 Å². The lowest BCUT2D eigenvalue weighted by atomic mass is 10.3. The zero-order chi connectivity index (χ0) is 23.9. The van der Waals surface area contributed by atoms with Gasteiger partial charge in [0.2, 0.25) is 5.91 Å². The fraction of sp³-hybridized carbons (Fsp3) is 0.167. The van der Waals surface area contributed by atoms with Crippen LogP contribution in [0.2, 0.25) is 0 Å². The molecule has 1 N–H and O–H groups in total. The number of nitrogens with zero attached hydrogens (tertiary/aromatic N) is 5. The minimum absolute atomic E-state index is 0.0318. The Labute approximate surface area is 200 Å². The van der Waals surface area contributed by atoms with E-state index in [1.54, 1.807) is 33.5 Å². The molecule has 0 saturated heterocycles. The van der Waals surface area contributed by atoms with Crippen molar-refractivity contribution in [2.75, 3.05) is 11.1 Å². The number of anilines is 1. The number of carbonyl (C=O) groups is 1. The summed E-state index contributed by atoms with van der Waals surface area (Å²) in [4.78, 5) is 12.7. The Hall–Kier alpha value is -3.92. The molecule has 1 amide bonds. The van der Waals surface area contributed by atoms with E-state index in [1.807, 2.05) is 43.3 Å². The van der Waals surface area contributed by atoms with Gasteiger partial charge in [-0.1, -0.05) is 48.2 Å². The van der Waals surface area contributed by atoms with Crippen LogP contribution in [-0.4, -0.2) is 36.2 Å². The first-order valence-corrected chi connectivity index (χ1v) is 11.5. The van der Waals surface area contributed by atoms with Crippen molar-refractivity contribution in [3.05, 3.63) is 90.7 Å². The van der Waals surface area contributed by atoms with Crippen LogP contribution in [-0.2, 0) is 17.9 Å². The summed E-state index contributed by atoms with van der Waals surface area (Å²) in [7, 11) is 0. The molecule has 2 heterocycles. The summed E-state index contributed by atoms with van der Waals surface area (Å²) in [5, 5.41) is 16.2. The van der Waals surface area contributed by atoms with Gasteiger partial charge in [-0.3, -0.25) is 9.36 Å². The fourth-order valence-electron chi connectivity index (χ4n) is 3.21. The van der Waals surface area contributed by atoms with Crippen molar-refractivity contribution in [1.29, 1.82) is 0 Å². The first-order valence-electron chi connectivity index (χ1n) is 10.5. The van der Waals surface area contributed by atoms with Gasteiger partial charge in [-0.2, -0.15) is 5.10 Å². The number of ether oxygens (including phenoxy) is 1. The molecule has 2 aromatic carbocycles. The summed E-state index contributed by atoms with van der Waals surface area (Å²) in [5.74, 6) is 0.676. The van der Waals surface area contributed by atoms with E-state index < -0.39 is 5.82 Å². The van der Waals surface area contributed by atoms with Crippen LogP contribution in [0.4, 0.5) is 10.2 Å². The van der Waals surface area contributed by atoms with Crippen molar-refractivity contribution in [2.45, 2.75) is 25.2 Å². The van der Waals surface area contributed by atoms with Crippen molar-refractivity contribution in [2.24, 2.45) is 0 Å². The second-order valence-electron chi connectivity index (χ2n) is 7.27. The molecule has 10 heteroatoms. The summed E-state index contributed by atoms with van der Waals surface area (Å²) in [6, 6.07) is 17.5. The molecule has 4 rings (SSSR count). The lowest BCUT2D eigenvalue weighted by molar-refractivity contribution is -0.113. The van der Waals surface area contributed by atoms with E-state index in [9.17, 15) is 9.18 Å². The van der Waals surface area contributed by atoms with Crippen LogP contribution in [0.1, 0.15) is 11.5 Å². The van der Waals surface area contributed by atoms with Gasteiger partial charge in [0.25, 0.3) is 0 Å². The van der Waals surface area contributed by atoms with E-state index in [4.69, 9.17) is 4.74 Å². The number of para-hydroxylation sites is 2. The third-order valence-electron chi connectivity index (χ3n) is 4.73. The molecule has 34 heavy (non-hydrogen) atoms. The zero-order valence-corrected chi connectivity index (χ0v) is 19.3. The van der Waals surface area contributed by atoms with Gasteiger partial charge >= 0.3 is 0 Å². The highest BCUT2D eigenvalue weighted by atomic mass is 32.2. The predicted octanol–water partition coefficient (Wildman–Crippen LogP) is 4.41. The number of amides is 1. The number of carbonyl (C=O) groups excluding carboxylic acids is 1. The molecule has 0 fully saturated rings. The first-order chi connectivity index (χ1) is 16.5. The number of benzene rings is 2. The van der Waals surface area contributed by atoms with E-state index in [1.165, 1.54) is 17.8 Å². The number of aryl methyl sites for hydroxylation is 1. The van der Waals surface area contributed by atoms with Gasteiger partial charge < -0.3 is 10.1 Å². The number of rotatable bonds is 10.